The van der Waals surface area contributed by atoms with Gasteiger partial charge in [0.25, 0.3) is 0 Å². The molecule has 1 unspecified atom stereocenters. The standard InChI is InChI=1S/C20H33N5OS.HI/c1-3-18-23-17(14-27-18)9-11-22-20(21-4-2)24-16-10-12-25(13-16)19(26)15-7-5-6-8-15;/h14-16H,3-13H2,1-2H3,(H2,21,22,24);1H. The summed E-state index contributed by atoms with van der Waals surface area (Å²) in [6, 6.07) is 0.291. The number of nitrogens with zero attached hydrogens (tertiary/aromatic N) is 3. The van der Waals surface area contributed by atoms with Crippen LogP contribution in [0.5, 0.6) is 0 Å². The Labute approximate surface area is 190 Å². The number of aromatic nitrogens is 1. The lowest BCUT2D eigenvalue weighted by Gasteiger charge is -2.21. The molecule has 1 saturated carbocycles. The summed E-state index contributed by atoms with van der Waals surface area (Å²) in [6.45, 7) is 7.43. The van der Waals surface area contributed by atoms with Crippen molar-refractivity contribution in [2.24, 2.45) is 10.9 Å². The first-order valence-electron chi connectivity index (χ1n) is 10.5. The van der Waals surface area contributed by atoms with Gasteiger partial charge in [0.15, 0.2) is 5.96 Å². The van der Waals surface area contributed by atoms with Gasteiger partial charge in [-0.15, -0.1) is 35.3 Å². The Morgan fingerprint density at radius 1 is 1.32 bits per heavy atom. The van der Waals surface area contributed by atoms with E-state index < -0.39 is 0 Å². The van der Waals surface area contributed by atoms with Gasteiger partial charge in [0, 0.05) is 49.9 Å². The molecule has 8 heteroatoms. The number of hydrogen-bond acceptors (Lipinski definition) is 4. The van der Waals surface area contributed by atoms with Crippen LogP contribution in [0.15, 0.2) is 10.4 Å². The maximum atomic E-state index is 12.6. The number of carbonyl (C=O) groups is 1. The molecule has 6 nitrogen and oxygen atoms in total. The van der Waals surface area contributed by atoms with Crippen LogP contribution in [0.1, 0.15) is 56.7 Å². The number of aliphatic imine (C=N–C) groups is 1. The molecule has 2 N–H and O–H groups in total. The summed E-state index contributed by atoms with van der Waals surface area (Å²) in [6.07, 6.45) is 7.43. The predicted molar refractivity (Wildman–Crippen MR) is 127 cm³/mol. The highest BCUT2D eigenvalue weighted by Gasteiger charge is 2.32. The van der Waals surface area contributed by atoms with E-state index in [1.54, 1.807) is 11.3 Å². The number of aryl methyl sites for hydroxylation is 1. The largest absolute Gasteiger partial charge is 0.357 e. The fourth-order valence-electron chi connectivity index (χ4n) is 3.93. The first-order chi connectivity index (χ1) is 13.2. The summed E-state index contributed by atoms with van der Waals surface area (Å²) >= 11 is 1.73. The molecule has 158 valence electrons. The molecule has 0 spiro atoms. The molecular formula is C20H34IN5OS. The number of rotatable bonds is 7. The lowest BCUT2D eigenvalue weighted by atomic mass is 10.1. The second-order valence-corrected chi connectivity index (χ2v) is 8.44. The van der Waals surface area contributed by atoms with Gasteiger partial charge in [0.1, 0.15) is 0 Å². The van der Waals surface area contributed by atoms with Crippen LogP contribution in [0, 0.1) is 5.92 Å². The van der Waals surface area contributed by atoms with Gasteiger partial charge in [-0.3, -0.25) is 9.79 Å². The van der Waals surface area contributed by atoms with Crippen molar-refractivity contribution in [3.8, 4) is 0 Å². The molecule has 1 aromatic rings. The van der Waals surface area contributed by atoms with Gasteiger partial charge in [-0.25, -0.2) is 4.98 Å². The number of likely N-dealkylation sites (tertiary alicyclic amines) is 1. The number of hydrogen-bond donors (Lipinski definition) is 2. The Morgan fingerprint density at radius 2 is 2.11 bits per heavy atom. The number of guanidine groups is 1. The molecular weight excluding hydrogens is 485 g/mol. The molecule has 1 aliphatic heterocycles. The summed E-state index contributed by atoms with van der Waals surface area (Å²) in [5.41, 5.74) is 1.13. The quantitative estimate of drug-likeness (QED) is 0.330. The highest BCUT2D eigenvalue weighted by molar-refractivity contribution is 14.0. The molecule has 0 bridgehead atoms. The average molecular weight is 519 g/mol. The molecule has 0 aromatic carbocycles. The van der Waals surface area contributed by atoms with E-state index in [9.17, 15) is 4.79 Å². The van der Waals surface area contributed by atoms with Gasteiger partial charge in [-0.2, -0.15) is 0 Å². The number of nitrogens with one attached hydrogen (secondary N) is 2. The molecule has 2 aliphatic rings. The summed E-state index contributed by atoms with van der Waals surface area (Å²) in [7, 11) is 0. The van der Waals surface area contributed by atoms with Crippen molar-refractivity contribution in [3.63, 3.8) is 0 Å². The Balaban J connectivity index is 0.00000280. The predicted octanol–water partition coefficient (Wildman–Crippen LogP) is 3.21. The number of halogens is 1. The van der Waals surface area contributed by atoms with Crippen molar-refractivity contribution in [1.29, 1.82) is 0 Å². The minimum atomic E-state index is 0. The van der Waals surface area contributed by atoms with Crippen molar-refractivity contribution >= 4 is 47.2 Å². The van der Waals surface area contributed by atoms with Crippen LogP contribution in [0.25, 0.3) is 0 Å². The van der Waals surface area contributed by atoms with Crippen LogP contribution in [0.3, 0.4) is 0 Å². The molecule has 2 fully saturated rings. The van der Waals surface area contributed by atoms with E-state index in [0.29, 0.717) is 11.9 Å². The highest BCUT2D eigenvalue weighted by Crippen LogP contribution is 2.27. The lowest BCUT2D eigenvalue weighted by molar-refractivity contribution is -0.134. The second-order valence-electron chi connectivity index (χ2n) is 7.49. The van der Waals surface area contributed by atoms with Gasteiger partial charge >= 0.3 is 0 Å². The van der Waals surface area contributed by atoms with Crippen LogP contribution < -0.4 is 10.6 Å². The van der Waals surface area contributed by atoms with Crippen molar-refractivity contribution < 1.29 is 4.79 Å². The Hall–Kier alpha value is -0.900. The fraction of sp³-hybridized carbons (Fsp3) is 0.750. The highest BCUT2D eigenvalue weighted by atomic mass is 127. The van der Waals surface area contributed by atoms with E-state index in [-0.39, 0.29) is 29.9 Å². The summed E-state index contributed by atoms with van der Waals surface area (Å²) in [5, 5.41) is 10.2. The van der Waals surface area contributed by atoms with Gasteiger partial charge in [0.2, 0.25) is 5.91 Å². The Morgan fingerprint density at radius 3 is 2.79 bits per heavy atom. The molecule has 0 radical (unpaired) electrons. The first-order valence-corrected chi connectivity index (χ1v) is 11.3. The van der Waals surface area contributed by atoms with Crippen LogP contribution in [0.2, 0.25) is 0 Å². The lowest BCUT2D eigenvalue weighted by Crippen LogP contribution is -2.45. The van der Waals surface area contributed by atoms with E-state index in [2.05, 4.69) is 39.7 Å². The van der Waals surface area contributed by atoms with Crippen molar-refractivity contribution in [2.75, 3.05) is 26.2 Å². The molecule has 1 atom stereocenters. The molecule has 3 rings (SSSR count). The molecule has 1 saturated heterocycles. The minimum absolute atomic E-state index is 0. The minimum Gasteiger partial charge on any atom is -0.357 e. The van der Waals surface area contributed by atoms with E-state index in [1.165, 1.54) is 17.8 Å². The number of amides is 1. The zero-order valence-corrected chi connectivity index (χ0v) is 20.2. The van der Waals surface area contributed by atoms with Gasteiger partial charge < -0.3 is 15.5 Å². The van der Waals surface area contributed by atoms with Crippen LogP contribution in [-0.2, 0) is 17.6 Å². The van der Waals surface area contributed by atoms with Gasteiger partial charge in [-0.05, 0) is 32.6 Å². The average Bonchev–Trinajstić information content (AvgIpc) is 3.43. The fourth-order valence-corrected chi connectivity index (χ4v) is 4.71. The monoisotopic (exact) mass is 519 g/mol. The van der Waals surface area contributed by atoms with Crippen LogP contribution in [0.4, 0.5) is 0 Å². The smallest absolute Gasteiger partial charge is 0.225 e. The third-order valence-corrected chi connectivity index (χ3v) is 6.47. The van der Waals surface area contributed by atoms with E-state index in [4.69, 9.17) is 4.99 Å². The van der Waals surface area contributed by atoms with E-state index in [1.807, 2.05) is 0 Å². The van der Waals surface area contributed by atoms with E-state index in [0.717, 1.165) is 69.9 Å². The summed E-state index contributed by atoms with van der Waals surface area (Å²) in [5.74, 6) is 1.49. The van der Waals surface area contributed by atoms with Crippen molar-refractivity contribution in [3.05, 3.63) is 16.1 Å². The maximum Gasteiger partial charge on any atom is 0.225 e. The van der Waals surface area contributed by atoms with Crippen LogP contribution >= 0.6 is 35.3 Å². The topological polar surface area (TPSA) is 69.6 Å². The normalized spacial score (nSPS) is 20.3. The molecule has 28 heavy (non-hydrogen) atoms. The zero-order chi connectivity index (χ0) is 19.1. The first kappa shape index (κ1) is 23.4. The second kappa shape index (κ2) is 11.9. The van der Waals surface area contributed by atoms with Crippen molar-refractivity contribution in [1.82, 2.24) is 20.5 Å². The third-order valence-electron chi connectivity index (χ3n) is 5.43. The van der Waals surface area contributed by atoms with E-state index >= 15 is 0 Å². The van der Waals surface area contributed by atoms with Crippen LogP contribution in [-0.4, -0.2) is 54.0 Å². The Kier molecular flexibility index (Phi) is 9.98. The third kappa shape index (κ3) is 6.57. The van der Waals surface area contributed by atoms with Gasteiger partial charge in [0.05, 0.1) is 10.7 Å². The Bertz CT molecular complexity index is 644. The SMILES string of the molecule is CCNC(=NCCc1csc(CC)n1)NC1CCN(C(=O)C2CCCC2)C1.I. The zero-order valence-electron chi connectivity index (χ0n) is 17.1. The maximum absolute atomic E-state index is 12.6. The van der Waals surface area contributed by atoms with Crippen molar-refractivity contribution in [2.45, 2.75) is 64.8 Å². The molecule has 1 amide bonds. The number of thiazole rings is 1. The molecule has 1 aromatic heterocycles. The molecule has 1 aliphatic carbocycles. The van der Waals surface area contributed by atoms with Gasteiger partial charge in [-0.1, -0.05) is 19.8 Å². The molecule has 2 heterocycles. The number of carbonyl (C=O) groups excluding carboxylic acids is 1. The summed E-state index contributed by atoms with van der Waals surface area (Å²) in [4.78, 5) is 24.0. The summed E-state index contributed by atoms with van der Waals surface area (Å²) < 4.78 is 0.